The number of para-hydroxylation sites is 2. The molecule has 9 nitrogen and oxygen atoms in total. The molecule has 0 aliphatic rings. The summed E-state index contributed by atoms with van der Waals surface area (Å²) in [4.78, 5) is 10.7. The third-order valence-corrected chi connectivity index (χ3v) is 3.65. The zero-order valence-electron chi connectivity index (χ0n) is 14.9. The lowest BCUT2D eigenvalue weighted by molar-refractivity contribution is -0.385. The Balaban J connectivity index is 2.15. The molecule has 0 aromatic heterocycles. The van der Waals surface area contributed by atoms with E-state index in [0.29, 0.717) is 17.2 Å². The van der Waals surface area contributed by atoms with Gasteiger partial charge < -0.3 is 19.5 Å². The lowest BCUT2D eigenvalue weighted by Gasteiger charge is -2.11. The van der Waals surface area contributed by atoms with Crippen LogP contribution in [0.15, 0.2) is 41.5 Å². The Hall–Kier alpha value is -3.40. The number of nitrogens with zero attached hydrogens (tertiary/aromatic N) is 2. The molecule has 0 saturated heterocycles. The molecule has 0 radical (unpaired) electrons. The van der Waals surface area contributed by atoms with Crippen LogP contribution in [0.4, 0.5) is 11.4 Å². The van der Waals surface area contributed by atoms with Gasteiger partial charge in [-0.25, -0.2) is 0 Å². The number of hydrazone groups is 1. The second-order valence-corrected chi connectivity index (χ2v) is 5.46. The van der Waals surface area contributed by atoms with Crippen LogP contribution >= 0.6 is 12.2 Å². The zero-order valence-corrected chi connectivity index (χ0v) is 15.7. The molecular formula is C17H18N4O5S. The molecule has 142 valence electrons. The van der Waals surface area contributed by atoms with Crippen molar-refractivity contribution in [3.63, 3.8) is 0 Å². The Labute approximate surface area is 161 Å². The summed E-state index contributed by atoms with van der Waals surface area (Å²) in [5.41, 5.74) is 3.31. The molecule has 0 spiro atoms. The fraction of sp³-hybridized carbons (Fsp3) is 0.176. The van der Waals surface area contributed by atoms with Crippen LogP contribution in [0.3, 0.4) is 0 Å². The van der Waals surface area contributed by atoms with Crippen LogP contribution in [0.25, 0.3) is 0 Å². The number of methoxy groups -OCH3 is 3. The number of thiocarbonyl (C=S) groups is 1. The van der Waals surface area contributed by atoms with Crippen LogP contribution in [0.2, 0.25) is 0 Å². The predicted octanol–water partition coefficient (Wildman–Crippen LogP) is 2.94. The molecule has 2 N–H and O–H groups in total. The van der Waals surface area contributed by atoms with Gasteiger partial charge in [0.1, 0.15) is 5.75 Å². The summed E-state index contributed by atoms with van der Waals surface area (Å²) in [6.07, 6.45) is 1.27. The Morgan fingerprint density at radius 2 is 1.74 bits per heavy atom. The van der Waals surface area contributed by atoms with Gasteiger partial charge >= 0.3 is 0 Å². The maximum atomic E-state index is 11.3. The molecule has 0 unspecified atom stereocenters. The van der Waals surface area contributed by atoms with E-state index in [2.05, 4.69) is 15.8 Å². The Kier molecular flexibility index (Phi) is 6.89. The number of hydrogen-bond acceptors (Lipinski definition) is 7. The average molecular weight is 390 g/mol. The van der Waals surface area contributed by atoms with E-state index in [4.69, 9.17) is 26.4 Å². The second-order valence-electron chi connectivity index (χ2n) is 5.05. The Bertz CT molecular complexity index is 872. The number of nitro groups is 1. The van der Waals surface area contributed by atoms with Crippen molar-refractivity contribution in [2.75, 3.05) is 26.6 Å². The van der Waals surface area contributed by atoms with Crippen LogP contribution in [-0.2, 0) is 0 Å². The van der Waals surface area contributed by atoms with E-state index in [1.54, 1.807) is 19.2 Å². The minimum absolute atomic E-state index is 0.179. The largest absolute Gasteiger partial charge is 0.495 e. The summed E-state index contributed by atoms with van der Waals surface area (Å²) < 4.78 is 15.5. The van der Waals surface area contributed by atoms with E-state index in [-0.39, 0.29) is 22.1 Å². The lowest BCUT2D eigenvalue weighted by atomic mass is 10.1. The van der Waals surface area contributed by atoms with Crippen molar-refractivity contribution in [1.82, 2.24) is 5.43 Å². The molecule has 2 rings (SSSR count). The molecule has 0 atom stereocenters. The number of rotatable bonds is 7. The Morgan fingerprint density at radius 1 is 1.11 bits per heavy atom. The van der Waals surface area contributed by atoms with Crippen LogP contribution in [0.1, 0.15) is 5.56 Å². The predicted molar refractivity (Wildman–Crippen MR) is 106 cm³/mol. The molecule has 0 saturated carbocycles. The first-order chi connectivity index (χ1) is 13.0. The van der Waals surface area contributed by atoms with Crippen LogP contribution in [0, 0.1) is 10.1 Å². The molecule has 27 heavy (non-hydrogen) atoms. The van der Waals surface area contributed by atoms with Gasteiger partial charge in [0.05, 0.1) is 49.8 Å². The van der Waals surface area contributed by atoms with Gasteiger partial charge in [0.2, 0.25) is 0 Å². The van der Waals surface area contributed by atoms with E-state index in [1.807, 2.05) is 12.1 Å². The van der Waals surface area contributed by atoms with Crippen molar-refractivity contribution in [1.29, 1.82) is 0 Å². The van der Waals surface area contributed by atoms with E-state index < -0.39 is 4.92 Å². The van der Waals surface area contributed by atoms with Crippen molar-refractivity contribution in [2.24, 2.45) is 5.10 Å². The van der Waals surface area contributed by atoms with Gasteiger partial charge in [-0.05, 0) is 30.4 Å². The van der Waals surface area contributed by atoms with Crippen molar-refractivity contribution < 1.29 is 19.1 Å². The molecule has 0 fully saturated rings. The highest BCUT2D eigenvalue weighted by atomic mass is 32.1. The smallest absolute Gasteiger partial charge is 0.282 e. The van der Waals surface area contributed by atoms with Crippen molar-refractivity contribution in [3.8, 4) is 17.2 Å². The van der Waals surface area contributed by atoms with Crippen LogP contribution in [-0.4, -0.2) is 37.6 Å². The van der Waals surface area contributed by atoms with E-state index in [1.165, 1.54) is 32.6 Å². The summed E-state index contributed by atoms with van der Waals surface area (Å²) in [5.74, 6) is 1.21. The molecule has 0 aliphatic heterocycles. The molecule has 2 aromatic rings. The highest BCUT2D eigenvalue weighted by molar-refractivity contribution is 7.80. The van der Waals surface area contributed by atoms with Crippen LogP contribution < -0.4 is 25.0 Å². The van der Waals surface area contributed by atoms with E-state index in [9.17, 15) is 10.1 Å². The minimum Gasteiger partial charge on any atom is -0.495 e. The highest BCUT2D eigenvalue weighted by Crippen LogP contribution is 2.33. The van der Waals surface area contributed by atoms with Gasteiger partial charge in [-0.15, -0.1) is 0 Å². The fourth-order valence-corrected chi connectivity index (χ4v) is 2.37. The summed E-state index contributed by atoms with van der Waals surface area (Å²) in [6, 6.07) is 9.94. The summed E-state index contributed by atoms with van der Waals surface area (Å²) in [7, 11) is 4.39. The van der Waals surface area contributed by atoms with Crippen molar-refractivity contribution in [2.45, 2.75) is 0 Å². The maximum Gasteiger partial charge on any atom is 0.282 e. The van der Waals surface area contributed by atoms with Gasteiger partial charge in [0.25, 0.3) is 5.69 Å². The van der Waals surface area contributed by atoms with Gasteiger partial charge in [-0.2, -0.15) is 5.10 Å². The molecule has 0 heterocycles. The van der Waals surface area contributed by atoms with E-state index >= 15 is 0 Å². The second kappa shape index (κ2) is 9.34. The van der Waals surface area contributed by atoms with Crippen LogP contribution in [0.5, 0.6) is 17.2 Å². The average Bonchev–Trinajstić information content (AvgIpc) is 2.67. The standard InChI is InChI=1S/C17H18N4O5S/c1-24-14-7-5-4-6-12(14)19-17(27)20-18-10-11-8-15(25-2)16(26-3)9-13(11)21(22)23/h4-10H,1-3H3,(H2,19,20,27)/b18-10-. The third kappa shape index (κ3) is 5.05. The third-order valence-electron chi connectivity index (χ3n) is 3.45. The summed E-state index contributed by atoms with van der Waals surface area (Å²) >= 11 is 5.16. The first-order valence-electron chi connectivity index (χ1n) is 7.63. The van der Waals surface area contributed by atoms with Gasteiger partial charge in [-0.1, -0.05) is 12.1 Å². The number of ether oxygens (including phenoxy) is 3. The van der Waals surface area contributed by atoms with Gasteiger partial charge in [-0.3, -0.25) is 15.5 Å². The topological polar surface area (TPSA) is 107 Å². The fourth-order valence-electron chi connectivity index (χ4n) is 2.20. The first kappa shape index (κ1) is 19.9. The summed E-state index contributed by atoms with van der Waals surface area (Å²) in [6.45, 7) is 0. The van der Waals surface area contributed by atoms with Gasteiger partial charge in [0, 0.05) is 0 Å². The molecule has 2 aromatic carbocycles. The molecule has 10 heteroatoms. The molecule has 0 bridgehead atoms. The maximum absolute atomic E-state index is 11.3. The highest BCUT2D eigenvalue weighted by Gasteiger charge is 2.18. The van der Waals surface area contributed by atoms with E-state index in [0.717, 1.165) is 0 Å². The zero-order chi connectivity index (χ0) is 19.8. The number of benzene rings is 2. The SMILES string of the molecule is COc1ccccc1NC(=S)N/N=C\c1cc(OC)c(OC)cc1[N+](=O)[O-]. The van der Waals surface area contributed by atoms with Gasteiger partial charge in [0.15, 0.2) is 16.6 Å². The molecule has 0 aliphatic carbocycles. The number of anilines is 1. The molecule has 0 amide bonds. The number of nitrogens with one attached hydrogen (secondary N) is 2. The number of nitro benzene ring substituents is 1. The first-order valence-corrected chi connectivity index (χ1v) is 8.04. The monoisotopic (exact) mass is 390 g/mol. The summed E-state index contributed by atoms with van der Waals surface area (Å²) in [5, 5.41) is 18.3. The molecular weight excluding hydrogens is 372 g/mol. The van der Waals surface area contributed by atoms with Crippen molar-refractivity contribution in [3.05, 3.63) is 52.1 Å². The quantitative estimate of drug-likeness (QED) is 0.322. The number of hydrogen-bond donors (Lipinski definition) is 2. The normalized spacial score (nSPS) is 10.3. The van der Waals surface area contributed by atoms with Crippen molar-refractivity contribution >= 4 is 34.9 Å². The Morgan fingerprint density at radius 3 is 2.37 bits per heavy atom. The lowest BCUT2D eigenvalue weighted by Crippen LogP contribution is -2.24. The minimum atomic E-state index is -0.533.